The Bertz CT molecular complexity index is 478. The summed E-state index contributed by atoms with van der Waals surface area (Å²) in [5, 5.41) is 1.26. The van der Waals surface area contributed by atoms with Crippen LogP contribution in [0.5, 0.6) is 0 Å². The lowest BCUT2D eigenvalue weighted by Gasteiger charge is -2.09. The van der Waals surface area contributed by atoms with Crippen LogP contribution in [0.2, 0.25) is 0 Å². The summed E-state index contributed by atoms with van der Waals surface area (Å²) in [6.07, 6.45) is 4.06. The van der Waals surface area contributed by atoms with Crippen molar-refractivity contribution in [2.75, 3.05) is 6.54 Å². The van der Waals surface area contributed by atoms with Crippen LogP contribution in [0.3, 0.4) is 0 Å². The predicted molar refractivity (Wildman–Crippen MR) is 75.4 cm³/mol. The molecule has 0 fully saturated rings. The van der Waals surface area contributed by atoms with E-state index in [1.165, 1.54) is 16.5 Å². The second-order valence-electron chi connectivity index (χ2n) is 4.25. The molecular weight excluding hydrogens is 234 g/mol. The van der Waals surface area contributed by atoms with Crippen molar-refractivity contribution in [3.05, 3.63) is 36.0 Å². The summed E-state index contributed by atoms with van der Waals surface area (Å²) in [6.45, 7) is 0.707. The number of benzene rings is 1. The van der Waals surface area contributed by atoms with Crippen LogP contribution in [0.25, 0.3) is 10.9 Å². The monoisotopic (exact) mass is 253 g/mol. The zero-order valence-corrected chi connectivity index (χ0v) is 10.9. The van der Waals surface area contributed by atoms with E-state index in [9.17, 15) is 0 Å². The van der Waals surface area contributed by atoms with Crippen molar-refractivity contribution >= 4 is 23.3 Å². The Kier molecular flexibility index (Phi) is 5.00. The van der Waals surface area contributed by atoms with Crippen molar-refractivity contribution in [2.24, 2.45) is 18.5 Å². The molecule has 4 N–H and O–H groups in total. The lowest BCUT2D eigenvalue weighted by Crippen LogP contribution is -2.12. The lowest BCUT2D eigenvalue weighted by molar-refractivity contribution is 0.620. The Labute approximate surface area is 108 Å². The largest absolute Gasteiger partial charge is 0.350 e. The minimum absolute atomic E-state index is 0. The van der Waals surface area contributed by atoms with E-state index < -0.39 is 0 Å². The quantitative estimate of drug-likeness (QED) is 0.879. The number of fused-ring (bicyclic) bond motifs is 1. The maximum Gasteiger partial charge on any atom is 0.0481 e. The smallest absolute Gasteiger partial charge is 0.0481 e. The Hall–Kier alpha value is -1.03. The number of para-hydroxylation sites is 1. The second kappa shape index (κ2) is 6.05. The minimum atomic E-state index is 0. The minimum Gasteiger partial charge on any atom is -0.350 e. The van der Waals surface area contributed by atoms with Crippen molar-refractivity contribution in [3.8, 4) is 0 Å². The molecule has 17 heavy (non-hydrogen) atoms. The molecule has 1 atom stereocenters. The first-order valence-corrected chi connectivity index (χ1v) is 5.73. The maximum absolute atomic E-state index is 6.19. The fourth-order valence-electron chi connectivity index (χ4n) is 2.16. The van der Waals surface area contributed by atoms with Crippen molar-refractivity contribution in [1.29, 1.82) is 0 Å². The first-order chi connectivity index (χ1) is 7.74. The third-order valence-corrected chi connectivity index (χ3v) is 3.05. The molecule has 2 rings (SSSR count). The summed E-state index contributed by atoms with van der Waals surface area (Å²) in [7, 11) is 2.06. The molecule has 94 valence electrons. The van der Waals surface area contributed by atoms with Crippen molar-refractivity contribution < 1.29 is 0 Å². The van der Waals surface area contributed by atoms with E-state index in [0.29, 0.717) is 6.54 Å². The zero-order chi connectivity index (χ0) is 11.5. The summed E-state index contributed by atoms with van der Waals surface area (Å²) >= 11 is 0. The molecule has 0 amide bonds. The van der Waals surface area contributed by atoms with Gasteiger partial charge in [0, 0.05) is 30.2 Å². The number of aryl methyl sites for hydroxylation is 1. The standard InChI is InChI=1S/C13H19N3.ClH/c1-16-9-11(12(15)6-4-8-14)10-5-2-3-7-13(10)16;/h2-3,5,7,9,12H,4,6,8,14-15H2,1H3;1H/t12-;/m0./s1. The molecule has 0 unspecified atom stereocenters. The van der Waals surface area contributed by atoms with Gasteiger partial charge in [-0.3, -0.25) is 0 Å². The summed E-state index contributed by atoms with van der Waals surface area (Å²) in [5.41, 5.74) is 14.2. The van der Waals surface area contributed by atoms with E-state index in [1.807, 2.05) is 0 Å². The highest BCUT2D eigenvalue weighted by atomic mass is 35.5. The first-order valence-electron chi connectivity index (χ1n) is 5.73. The Balaban J connectivity index is 0.00000144. The lowest BCUT2D eigenvalue weighted by atomic mass is 10.0. The van der Waals surface area contributed by atoms with Gasteiger partial charge >= 0.3 is 0 Å². The van der Waals surface area contributed by atoms with Gasteiger partial charge in [-0.1, -0.05) is 18.2 Å². The number of nitrogens with zero attached hydrogens (tertiary/aromatic N) is 1. The second-order valence-corrected chi connectivity index (χ2v) is 4.25. The first kappa shape index (κ1) is 14.0. The Morgan fingerprint density at radius 3 is 2.71 bits per heavy atom. The Morgan fingerprint density at radius 1 is 1.29 bits per heavy atom. The fraction of sp³-hybridized carbons (Fsp3) is 0.385. The van der Waals surface area contributed by atoms with Crippen molar-refractivity contribution in [3.63, 3.8) is 0 Å². The molecule has 1 aromatic heterocycles. The number of hydrogen-bond donors (Lipinski definition) is 2. The van der Waals surface area contributed by atoms with Crippen LogP contribution in [0, 0.1) is 0 Å². The molecule has 0 bridgehead atoms. The van der Waals surface area contributed by atoms with Gasteiger partial charge in [0.05, 0.1) is 0 Å². The summed E-state index contributed by atoms with van der Waals surface area (Å²) in [5.74, 6) is 0. The number of aromatic nitrogens is 1. The molecule has 1 heterocycles. The van der Waals surface area contributed by atoms with E-state index in [4.69, 9.17) is 11.5 Å². The highest BCUT2D eigenvalue weighted by Crippen LogP contribution is 2.26. The number of halogens is 1. The molecular formula is C13H20ClN3. The highest BCUT2D eigenvalue weighted by Gasteiger charge is 2.12. The molecule has 0 saturated carbocycles. The third-order valence-electron chi connectivity index (χ3n) is 3.05. The SMILES string of the molecule is Cl.Cn1cc([C@@H](N)CCCN)c2ccccc21. The summed E-state index contributed by atoms with van der Waals surface area (Å²) in [6, 6.07) is 8.45. The molecule has 0 aliphatic carbocycles. The number of nitrogens with two attached hydrogens (primary N) is 2. The van der Waals surface area contributed by atoms with Crippen molar-refractivity contribution in [1.82, 2.24) is 4.57 Å². The topological polar surface area (TPSA) is 57.0 Å². The van der Waals surface area contributed by atoms with Crippen LogP contribution >= 0.6 is 12.4 Å². The molecule has 1 aromatic carbocycles. The van der Waals surface area contributed by atoms with Gasteiger partial charge in [-0.05, 0) is 31.0 Å². The van der Waals surface area contributed by atoms with E-state index in [-0.39, 0.29) is 18.4 Å². The molecule has 0 aliphatic rings. The number of rotatable bonds is 4. The van der Waals surface area contributed by atoms with Gasteiger partial charge in [-0.25, -0.2) is 0 Å². The van der Waals surface area contributed by atoms with E-state index in [0.717, 1.165) is 12.8 Å². The van der Waals surface area contributed by atoms with Gasteiger partial charge < -0.3 is 16.0 Å². The van der Waals surface area contributed by atoms with E-state index >= 15 is 0 Å². The van der Waals surface area contributed by atoms with Crippen LogP contribution in [0.4, 0.5) is 0 Å². The molecule has 3 nitrogen and oxygen atoms in total. The van der Waals surface area contributed by atoms with Gasteiger partial charge in [0.2, 0.25) is 0 Å². The van der Waals surface area contributed by atoms with Crippen LogP contribution in [0.15, 0.2) is 30.5 Å². The summed E-state index contributed by atoms with van der Waals surface area (Å²) < 4.78 is 2.13. The molecule has 4 heteroatoms. The van der Waals surface area contributed by atoms with Crippen LogP contribution in [0.1, 0.15) is 24.4 Å². The fourth-order valence-corrected chi connectivity index (χ4v) is 2.16. The van der Waals surface area contributed by atoms with Crippen LogP contribution in [-0.2, 0) is 7.05 Å². The van der Waals surface area contributed by atoms with Crippen molar-refractivity contribution in [2.45, 2.75) is 18.9 Å². The Morgan fingerprint density at radius 2 is 2.00 bits per heavy atom. The average Bonchev–Trinajstić information content (AvgIpc) is 2.65. The molecule has 0 saturated heterocycles. The predicted octanol–water partition coefficient (Wildman–Crippen LogP) is 2.34. The molecule has 0 aliphatic heterocycles. The van der Waals surface area contributed by atoms with Gasteiger partial charge in [-0.2, -0.15) is 0 Å². The zero-order valence-electron chi connectivity index (χ0n) is 10.1. The third kappa shape index (κ3) is 2.80. The van der Waals surface area contributed by atoms with Gasteiger partial charge in [-0.15, -0.1) is 12.4 Å². The maximum atomic E-state index is 6.19. The molecule has 0 spiro atoms. The normalized spacial score (nSPS) is 12.4. The van der Waals surface area contributed by atoms with Crippen LogP contribution in [-0.4, -0.2) is 11.1 Å². The highest BCUT2D eigenvalue weighted by molar-refractivity contribution is 5.85. The van der Waals surface area contributed by atoms with Crippen LogP contribution < -0.4 is 11.5 Å². The van der Waals surface area contributed by atoms with Gasteiger partial charge in [0.25, 0.3) is 0 Å². The average molecular weight is 254 g/mol. The number of hydrogen-bond acceptors (Lipinski definition) is 2. The van der Waals surface area contributed by atoms with E-state index in [1.54, 1.807) is 0 Å². The summed E-state index contributed by atoms with van der Waals surface area (Å²) in [4.78, 5) is 0. The molecule has 0 radical (unpaired) electrons. The van der Waals surface area contributed by atoms with E-state index in [2.05, 4.69) is 42.1 Å². The van der Waals surface area contributed by atoms with Gasteiger partial charge in [0.15, 0.2) is 0 Å². The molecule has 2 aromatic rings. The van der Waals surface area contributed by atoms with Gasteiger partial charge in [0.1, 0.15) is 0 Å².